The highest BCUT2D eigenvalue weighted by Gasteiger charge is 2.17. The molecule has 0 heterocycles. The molecule has 0 aliphatic heterocycles. The molecule has 1 aromatic carbocycles. The van der Waals surface area contributed by atoms with Gasteiger partial charge >= 0.3 is 0 Å². The maximum absolute atomic E-state index is 11.8. The third-order valence-electron chi connectivity index (χ3n) is 2.91. The van der Waals surface area contributed by atoms with Gasteiger partial charge in [0.15, 0.2) is 0 Å². The largest absolute Gasteiger partial charge is 0.347 e. The van der Waals surface area contributed by atoms with Gasteiger partial charge in [0.2, 0.25) is 11.8 Å². The SMILES string of the molecule is Cc1c(NC(=O)CNC(=O)CC(C)(C)C)cccc1[N+](=O)[O-]. The first kappa shape index (κ1) is 17.6. The average molecular weight is 307 g/mol. The molecule has 2 amide bonds. The Morgan fingerprint density at radius 3 is 2.41 bits per heavy atom. The number of anilines is 1. The van der Waals surface area contributed by atoms with Gasteiger partial charge in [0, 0.05) is 12.5 Å². The summed E-state index contributed by atoms with van der Waals surface area (Å²) in [5.41, 5.74) is 0.526. The molecule has 0 atom stereocenters. The van der Waals surface area contributed by atoms with Gasteiger partial charge < -0.3 is 10.6 Å². The van der Waals surface area contributed by atoms with Crippen LogP contribution in [0.4, 0.5) is 11.4 Å². The normalized spacial score (nSPS) is 10.9. The molecular formula is C15H21N3O4. The molecule has 0 radical (unpaired) electrons. The predicted molar refractivity (Wildman–Crippen MR) is 83.5 cm³/mol. The van der Waals surface area contributed by atoms with Gasteiger partial charge in [0.1, 0.15) is 0 Å². The molecule has 0 fully saturated rings. The third kappa shape index (κ3) is 5.51. The predicted octanol–water partition coefficient (Wildman–Crippen LogP) is 2.39. The Labute approximate surface area is 129 Å². The Bertz CT molecular complexity index is 591. The Balaban J connectivity index is 2.61. The van der Waals surface area contributed by atoms with E-state index in [4.69, 9.17) is 0 Å². The van der Waals surface area contributed by atoms with Crippen LogP contribution in [0.25, 0.3) is 0 Å². The molecule has 0 aliphatic rings. The lowest BCUT2D eigenvalue weighted by Crippen LogP contribution is -2.34. The zero-order valence-corrected chi connectivity index (χ0v) is 13.2. The van der Waals surface area contributed by atoms with Crippen LogP contribution in [-0.2, 0) is 9.59 Å². The topological polar surface area (TPSA) is 101 Å². The van der Waals surface area contributed by atoms with E-state index in [1.807, 2.05) is 20.8 Å². The van der Waals surface area contributed by atoms with Crippen molar-refractivity contribution < 1.29 is 14.5 Å². The van der Waals surface area contributed by atoms with E-state index in [1.54, 1.807) is 13.0 Å². The van der Waals surface area contributed by atoms with Crippen LogP contribution in [0.3, 0.4) is 0 Å². The Hall–Kier alpha value is -2.44. The first-order valence-corrected chi connectivity index (χ1v) is 6.91. The number of carbonyl (C=O) groups excluding carboxylic acids is 2. The molecular weight excluding hydrogens is 286 g/mol. The second kappa shape index (κ2) is 7.02. The highest BCUT2D eigenvalue weighted by molar-refractivity contribution is 5.95. The van der Waals surface area contributed by atoms with Crippen molar-refractivity contribution in [2.75, 3.05) is 11.9 Å². The molecule has 7 heteroatoms. The van der Waals surface area contributed by atoms with Crippen molar-refractivity contribution in [1.29, 1.82) is 0 Å². The molecule has 22 heavy (non-hydrogen) atoms. The maximum Gasteiger partial charge on any atom is 0.274 e. The van der Waals surface area contributed by atoms with E-state index in [0.717, 1.165) is 0 Å². The van der Waals surface area contributed by atoms with Crippen molar-refractivity contribution in [1.82, 2.24) is 5.32 Å². The molecule has 0 saturated heterocycles. The van der Waals surface area contributed by atoms with Crippen molar-refractivity contribution in [2.45, 2.75) is 34.1 Å². The lowest BCUT2D eigenvalue weighted by molar-refractivity contribution is -0.385. The molecule has 0 saturated carbocycles. The van der Waals surface area contributed by atoms with E-state index in [1.165, 1.54) is 12.1 Å². The molecule has 0 spiro atoms. The molecule has 1 rings (SSSR count). The monoisotopic (exact) mass is 307 g/mol. The first-order valence-electron chi connectivity index (χ1n) is 6.91. The van der Waals surface area contributed by atoms with Crippen molar-refractivity contribution in [3.63, 3.8) is 0 Å². The summed E-state index contributed by atoms with van der Waals surface area (Å²) < 4.78 is 0. The van der Waals surface area contributed by atoms with Crippen LogP contribution in [0.15, 0.2) is 18.2 Å². The van der Waals surface area contributed by atoms with Crippen molar-refractivity contribution >= 4 is 23.2 Å². The number of rotatable bonds is 5. The number of nitro groups is 1. The van der Waals surface area contributed by atoms with Crippen LogP contribution in [0.1, 0.15) is 32.8 Å². The zero-order valence-electron chi connectivity index (χ0n) is 13.2. The summed E-state index contributed by atoms with van der Waals surface area (Å²) in [6, 6.07) is 4.45. The van der Waals surface area contributed by atoms with Gasteiger partial charge in [-0.3, -0.25) is 19.7 Å². The molecule has 2 N–H and O–H groups in total. The molecule has 0 unspecified atom stereocenters. The number of nitrogens with zero attached hydrogens (tertiary/aromatic N) is 1. The van der Waals surface area contributed by atoms with Gasteiger partial charge in [-0.1, -0.05) is 26.8 Å². The van der Waals surface area contributed by atoms with E-state index in [2.05, 4.69) is 10.6 Å². The van der Waals surface area contributed by atoms with Crippen molar-refractivity contribution in [2.24, 2.45) is 5.41 Å². The Morgan fingerprint density at radius 1 is 1.23 bits per heavy atom. The minimum Gasteiger partial charge on any atom is -0.347 e. The first-order chi connectivity index (χ1) is 10.1. The van der Waals surface area contributed by atoms with E-state index in [9.17, 15) is 19.7 Å². The lowest BCUT2D eigenvalue weighted by atomic mass is 9.92. The van der Waals surface area contributed by atoms with Gasteiger partial charge in [-0.05, 0) is 18.4 Å². The highest BCUT2D eigenvalue weighted by Crippen LogP contribution is 2.24. The minimum atomic E-state index is -0.504. The van der Waals surface area contributed by atoms with E-state index < -0.39 is 10.8 Å². The second-order valence-corrected chi connectivity index (χ2v) is 6.27. The summed E-state index contributed by atoms with van der Waals surface area (Å²) in [7, 11) is 0. The summed E-state index contributed by atoms with van der Waals surface area (Å²) in [6.45, 7) is 7.18. The minimum absolute atomic E-state index is 0.0606. The summed E-state index contributed by atoms with van der Waals surface area (Å²) in [6.07, 6.45) is 0.316. The second-order valence-electron chi connectivity index (χ2n) is 6.27. The van der Waals surface area contributed by atoms with Crippen LogP contribution in [0, 0.1) is 22.5 Å². The van der Waals surface area contributed by atoms with E-state index >= 15 is 0 Å². The summed E-state index contributed by atoms with van der Waals surface area (Å²) in [4.78, 5) is 33.8. The smallest absolute Gasteiger partial charge is 0.274 e. The molecule has 0 bridgehead atoms. The molecule has 1 aromatic rings. The fourth-order valence-corrected chi connectivity index (χ4v) is 1.87. The summed E-state index contributed by atoms with van der Waals surface area (Å²) in [5, 5.41) is 15.9. The van der Waals surface area contributed by atoms with Crippen molar-refractivity contribution in [3.05, 3.63) is 33.9 Å². The number of hydrogen-bond acceptors (Lipinski definition) is 4. The van der Waals surface area contributed by atoms with Crippen LogP contribution >= 0.6 is 0 Å². The van der Waals surface area contributed by atoms with Crippen molar-refractivity contribution in [3.8, 4) is 0 Å². The number of carbonyl (C=O) groups is 2. The molecule has 120 valence electrons. The lowest BCUT2D eigenvalue weighted by Gasteiger charge is -2.17. The van der Waals surface area contributed by atoms with Gasteiger partial charge in [-0.15, -0.1) is 0 Å². The standard InChI is InChI=1S/C15H21N3O4/c1-10-11(6-5-7-12(10)18(21)22)17-14(20)9-16-13(19)8-15(2,3)4/h5-7H,8-9H2,1-4H3,(H,16,19)(H,17,20). The maximum atomic E-state index is 11.8. The molecule has 0 aliphatic carbocycles. The fourth-order valence-electron chi connectivity index (χ4n) is 1.87. The number of benzene rings is 1. The van der Waals surface area contributed by atoms with Crippen LogP contribution < -0.4 is 10.6 Å². The van der Waals surface area contributed by atoms with Crippen LogP contribution in [0.5, 0.6) is 0 Å². The van der Waals surface area contributed by atoms with E-state index in [0.29, 0.717) is 17.7 Å². The van der Waals surface area contributed by atoms with Gasteiger partial charge in [0.05, 0.1) is 22.7 Å². The number of nitro benzene ring substituents is 1. The Kier molecular flexibility index (Phi) is 5.62. The third-order valence-corrected chi connectivity index (χ3v) is 2.91. The molecule has 7 nitrogen and oxygen atoms in total. The average Bonchev–Trinajstić information content (AvgIpc) is 2.36. The summed E-state index contributed by atoms with van der Waals surface area (Å²) >= 11 is 0. The zero-order chi connectivity index (χ0) is 16.9. The van der Waals surface area contributed by atoms with Crippen LogP contribution in [0.2, 0.25) is 0 Å². The van der Waals surface area contributed by atoms with Crippen LogP contribution in [-0.4, -0.2) is 23.3 Å². The van der Waals surface area contributed by atoms with Gasteiger partial charge in [-0.2, -0.15) is 0 Å². The molecule has 0 aromatic heterocycles. The number of nitrogens with one attached hydrogen (secondary N) is 2. The van der Waals surface area contributed by atoms with Gasteiger partial charge in [-0.25, -0.2) is 0 Å². The van der Waals surface area contributed by atoms with E-state index in [-0.39, 0.29) is 23.6 Å². The fraction of sp³-hybridized carbons (Fsp3) is 0.467. The highest BCUT2D eigenvalue weighted by atomic mass is 16.6. The number of amides is 2. The Morgan fingerprint density at radius 2 is 1.86 bits per heavy atom. The van der Waals surface area contributed by atoms with Gasteiger partial charge in [0.25, 0.3) is 5.69 Å². The number of hydrogen-bond donors (Lipinski definition) is 2. The quantitative estimate of drug-likeness (QED) is 0.644. The summed E-state index contributed by atoms with van der Waals surface area (Å²) in [5.74, 6) is -0.635.